The number of nitrogens with one attached hydrogen (secondary N) is 1. The van der Waals surface area contributed by atoms with Crippen molar-refractivity contribution in [3.05, 3.63) is 75.4 Å². The maximum atomic E-state index is 11.1. The Bertz CT molecular complexity index is 884. The van der Waals surface area contributed by atoms with E-state index >= 15 is 0 Å². The Morgan fingerprint density at radius 1 is 1.21 bits per heavy atom. The number of halogens is 1. The molecule has 6 nitrogen and oxygen atoms in total. The van der Waals surface area contributed by atoms with Crippen molar-refractivity contribution in [2.24, 2.45) is 0 Å². The van der Waals surface area contributed by atoms with Crippen molar-refractivity contribution in [2.45, 2.75) is 6.10 Å². The Morgan fingerprint density at radius 3 is 2.67 bits per heavy atom. The summed E-state index contributed by atoms with van der Waals surface area (Å²) in [6, 6.07) is 13.3. The molecule has 0 aliphatic carbocycles. The van der Waals surface area contributed by atoms with Gasteiger partial charge in [0.15, 0.2) is 0 Å². The van der Waals surface area contributed by atoms with Gasteiger partial charge in [0.2, 0.25) is 0 Å². The minimum Gasteiger partial charge on any atom is -0.387 e. The smallest absolute Gasteiger partial charge is 0.278 e. The van der Waals surface area contributed by atoms with Gasteiger partial charge in [-0.1, -0.05) is 23.7 Å². The van der Waals surface area contributed by atoms with Gasteiger partial charge in [-0.3, -0.25) is 15.1 Å². The van der Waals surface area contributed by atoms with Crippen molar-refractivity contribution in [3.63, 3.8) is 0 Å². The molecule has 24 heavy (non-hydrogen) atoms. The third-order valence-corrected chi connectivity index (χ3v) is 3.94. The minimum absolute atomic E-state index is 0.00176. The molecule has 2 aromatic carbocycles. The van der Waals surface area contributed by atoms with Crippen LogP contribution in [0.5, 0.6) is 0 Å². The van der Waals surface area contributed by atoms with Gasteiger partial charge >= 0.3 is 0 Å². The molecule has 122 valence electrons. The molecule has 0 spiro atoms. The third kappa shape index (κ3) is 3.29. The molecule has 1 atom stereocenters. The zero-order chi connectivity index (χ0) is 17.1. The van der Waals surface area contributed by atoms with E-state index in [-0.39, 0.29) is 12.2 Å². The SMILES string of the molecule is O=[N+]([O-])c1ccc(NCC(O)c2ccc(Cl)cc2)c2ncccc12. The number of anilines is 1. The summed E-state index contributed by atoms with van der Waals surface area (Å²) in [4.78, 5) is 14.9. The third-order valence-electron chi connectivity index (χ3n) is 3.68. The first kappa shape index (κ1) is 16.2. The summed E-state index contributed by atoms with van der Waals surface area (Å²) in [6.07, 6.45) is 0.837. The number of rotatable bonds is 5. The number of aliphatic hydroxyl groups excluding tert-OH is 1. The first-order valence-electron chi connectivity index (χ1n) is 7.26. The van der Waals surface area contributed by atoms with E-state index in [1.165, 1.54) is 6.07 Å². The van der Waals surface area contributed by atoms with Crippen LogP contribution in [0.1, 0.15) is 11.7 Å². The van der Waals surface area contributed by atoms with E-state index in [1.54, 1.807) is 48.7 Å². The molecule has 0 fully saturated rings. The van der Waals surface area contributed by atoms with Gasteiger partial charge in [0.25, 0.3) is 5.69 Å². The fourth-order valence-corrected chi connectivity index (χ4v) is 2.59. The van der Waals surface area contributed by atoms with Gasteiger partial charge in [-0.25, -0.2) is 0 Å². The van der Waals surface area contributed by atoms with Crippen molar-refractivity contribution in [1.29, 1.82) is 0 Å². The number of benzene rings is 2. The van der Waals surface area contributed by atoms with Crippen LogP contribution in [-0.2, 0) is 0 Å². The number of nitro groups is 1. The first-order chi connectivity index (χ1) is 11.6. The first-order valence-corrected chi connectivity index (χ1v) is 7.63. The van der Waals surface area contributed by atoms with Crippen LogP contribution in [0.2, 0.25) is 5.02 Å². The number of pyridine rings is 1. The summed E-state index contributed by atoms with van der Waals surface area (Å²) < 4.78 is 0. The van der Waals surface area contributed by atoms with Crippen molar-refractivity contribution in [1.82, 2.24) is 4.98 Å². The Kier molecular flexibility index (Phi) is 4.59. The van der Waals surface area contributed by atoms with E-state index in [1.807, 2.05) is 0 Å². The molecule has 1 heterocycles. The molecule has 0 radical (unpaired) electrons. The van der Waals surface area contributed by atoms with Crippen LogP contribution >= 0.6 is 11.6 Å². The summed E-state index contributed by atoms with van der Waals surface area (Å²) in [6.45, 7) is 0.241. The number of non-ortho nitro benzene ring substituents is 1. The van der Waals surface area contributed by atoms with E-state index < -0.39 is 11.0 Å². The Hall–Kier alpha value is -2.70. The van der Waals surface area contributed by atoms with Crippen molar-refractivity contribution in [3.8, 4) is 0 Å². The summed E-state index contributed by atoms with van der Waals surface area (Å²) >= 11 is 5.83. The van der Waals surface area contributed by atoms with Gasteiger partial charge in [-0.15, -0.1) is 0 Å². The lowest BCUT2D eigenvalue weighted by Gasteiger charge is -2.14. The average Bonchev–Trinajstić information content (AvgIpc) is 2.59. The molecule has 0 saturated carbocycles. The number of nitro benzene ring substituents is 1. The molecule has 0 aliphatic heterocycles. The molecular formula is C17H14ClN3O3. The van der Waals surface area contributed by atoms with Gasteiger partial charge in [0.1, 0.15) is 5.52 Å². The molecule has 0 bridgehead atoms. The lowest BCUT2D eigenvalue weighted by molar-refractivity contribution is -0.383. The molecule has 3 rings (SSSR count). The highest BCUT2D eigenvalue weighted by Crippen LogP contribution is 2.30. The fourth-order valence-electron chi connectivity index (χ4n) is 2.47. The molecule has 1 unspecified atom stereocenters. The van der Waals surface area contributed by atoms with Gasteiger partial charge in [-0.2, -0.15) is 0 Å². The topological polar surface area (TPSA) is 88.3 Å². The second-order valence-electron chi connectivity index (χ2n) is 5.24. The number of aromatic nitrogens is 1. The summed E-state index contributed by atoms with van der Waals surface area (Å²) in [5.41, 5.74) is 1.85. The monoisotopic (exact) mass is 343 g/mol. The summed E-state index contributed by atoms with van der Waals surface area (Å²) in [7, 11) is 0. The minimum atomic E-state index is -0.740. The fraction of sp³-hybridized carbons (Fsp3) is 0.118. The predicted molar refractivity (Wildman–Crippen MR) is 93.3 cm³/mol. The standard InChI is InChI=1S/C17H14ClN3O3/c18-12-5-3-11(4-6-12)16(22)10-20-14-7-8-15(21(23)24)13-2-1-9-19-17(13)14/h1-9,16,20,22H,10H2. The molecule has 2 N–H and O–H groups in total. The van der Waals surface area contributed by atoms with Gasteiger partial charge in [0.05, 0.1) is 22.1 Å². The van der Waals surface area contributed by atoms with Gasteiger partial charge < -0.3 is 10.4 Å². The zero-order valence-corrected chi connectivity index (χ0v) is 13.3. The predicted octanol–water partition coefficient (Wildman–Crippen LogP) is 3.94. The number of nitrogens with zero attached hydrogens (tertiary/aromatic N) is 2. The maximum absolute atomic E-state index is 11.1. The lowest BCUT2D eigenvalue weighted by Crippen LogP contribution is -2.12. The van der Waals surface area contributed by atoms with E-state index in [0.717, 1.165) is 5.56 Å². The normalized spacial score (nSPS) is 12.1. The zero-order valence-electron chi connectivity index (χ0n) is 12.5. The van der Waals surface area contributed by atoms with Crippen LogP contribution < -0.4 is 5.32 Å². The molecule has 0 amide bonds. The van der Waals surface area contributed by atoms with E-state index in [9.17, 15) is 15.2 Å². The highest BCUT2D eigenvalue weighted by atomic mass is 35.5. The largest absolute Gasteiger partial charge is 0.387 e. The van der Waals surface area contributed by atoms with E-state index in [2.05, 4.69) is 10.3 Å². The van der Waals surface area contributed by atoms with Crippen LogP contribution in [0.3, 0.4) is 0 Å². The molecule has 1 aromatic heterocycles. The molecule has 0 aliphatic rings. The quantitative estimate of drug-likeness (QED) is 0.541. The van der Waals surface area contributed by atoms with Crippen LogP contribution in [0, 0.1) is 10.1 Å². The van der Waals surface area contributed by atoms with E-state index in [4.69, 9.17) is 11.6 Å². The summed E-state index contributed by atoms with van der Waals surface area (Å²) in [5, 5.41) is 25.5. The number of hydrogen-bond donors (Lipinski definition) is 2. The Morgan fingerprint density at radius 2 is 1.96 bits per heavy atom. The van der Waals surface area contributed by atoms with Crippen LogP contribution in [0.4, 0.5) is 11.4 Å². The van der Waals surface area contributed by atoms with E-state index in [0.29, 0.717) is 21.6 Å². The number of fused-ring (bicyclic) bond motifs is 1. The maximum Gasteiger partial charge on any atom is 0.278 e. The molecule has 0 saturated heterocycles. The number of hydrogen-bond acceptors (Lipinski definition) is 5. The van der Waals surface area contributed by atoms with Crippen molar-refractivity contribution in [2.75, 3.05) is 11.9 Å². The summed E-state index contributed by atoms with van der Waals surface area (Å²) in [5.74, 6) is 0. The molecule has 7 heteroatoms. The molecular weight excluding hydrogens is 330 g/mol. The second kappa shape index (κ2) is 6.82. The van der Waals surface area contributed by atoms with Gasteiger partial charge in [-0.05, 0) is 35.9 Å². The van der Waals surface area contributed by atoms with Crippen LogP contribution in [0.15, 0.2) is 54.7 Å². The Balaban J connectivity index is 1.84. The Labute approximate surface area is 142 Å². The van der Waals surface area contributed by atoms with Crippen molar-refractivity contribution >= 4 is 33.9 Å². The van der Waals surface area contributed by atoms with Crippen LogP contribution in [0.25, 0.3) is 10.9 Å². The average molecular weight is 344 g/mol. The highest BCUT2D eigenvalue weighted by Gasteiger charge is 2.15. The van der Waals surface area contributed by atoms with Crippen molar-refractivity contribution < 1.29 is 10.0 Å². The second-order valence-corrected chi connectivity index (χ2v) is 5.67. The molecule has 3 aromatic rings. The lowest BCUT2D eigenvalue weighted by atomic mass is 10.1. The number of aliphatic hydroxyl groups is 1. The van der Waals surface area contributed by atoms with Gasteiger partial charge in [0, 0.05) is 23.8 Å². The highest BCUT2D eigenvalue weighted by molar-refractivity contribution is 6.30. The van der Waals surface area contributed by atoms with Crippen LogP contribution in [-0.4, -0.2) is 21.6 Å².